The summed E-state index contributed by atoms with van der Waals surface area (Å²) >= 11 is 4.63. The Labute approximate surface area is 393 Å². The topological polar surface area (TPSA) is 230 Å². The lowest BCUT2D eigenvalue weighted by Crippen LogP contribution is -2.50. The number of hydrogen-bond donors (Lipinski definition) is 3. The van der Waals surface area contributed by atoms with E-state index in [0.717, 1.165) is 69.9 Å². The zero-order chi connectivity index (χ0) is 48.7. The summed E-state index contributed by atoms with van der Waals surface area (Å²) in [5, 5.41) is 3.42. The van der Waals surface area contributed by atoms with E-state index in [2.05, 4.69) is 58.0 Å². The number of likely N-dealkylation sites (tertiary alicyclic amines) is 1. The highest BCUT2D eigenvalue weighted by molar-refractivity contribution is 7.89. The van der Waals surface area contributed by atoms with E-state index in [4.69, 9.17) is 14.2 Å². The number of sulfonamides is 2. The van der Waals surface area contributed by atoms with Gasteiger partial charge in [0, 0.05) is 52.6 Å². The molecule has 376 valence electrons. The minimum atomic E-state index is -3.50. The van der Waals surface area contributed by atoms with Crippen LogP contribution in [0.15, 0.2) is 24.8 Å². The number of aromatic nitrogens is 4. The lowest BCUT2D eigenvalue weighted by molar-refractivity contribution is -0.0123. The molecule has 2 aromatic heterocycles. The smallest absolute Gasteiger partial charge is 0.410 e. The van der Waals surface area contributed by atoms with Gasteiger partial charge < -0.3 is 24.3 Å². The molecule has 0 spiro atoms. The van der Waals surface area contributed by atoms with Crippen LogP contribution in [0.1, 0.15) is 89.7 Å². The fraction of sp³-hybridized carbons (Fsp3) is 0.762. The highest BCUT2D eigenvalue weighted by Gasteiger charge is 2.61. The van der Waals surface area contributed by atoms with Crippen molar-refractivity contribution in [3.05, 3.63) is 48.1 Å². The number of amides is 1. The van der Waals surface area contributed by atoms with Gasteiger partial charge in [0.05, 0.1) is 68.8 Å². The first-order chi connectivity index (χ1) is 31.6. The lowest BCUT2D eigenvalue weighted by Gasteiger charge is -2.32. The normalized spacial score (nSPS) is 32.9. The highest BCUT2D eigenvalue weighted by Crippen LogP contribution is 2.62. The van der Waals surface area contributed by atoms with E-state index < -0.39 is 68.6 Å². The van der Waals surface area contributed by atoms with Gasteiger partial charge in [-0.25, -0.2) is 73.4 Å². The fourth-order valence-electron chi connectivity index (χ4n) is 10.4. The van der Waals surface area contributed by atoms with E-state index >= 15 is 0 Å². The van der Waals surface area contributed by atoms with Crippen LogP contribution >= 0.6 is 11.6 Å². The van der Waals surface area contributed by atoms with Gasteiger partial charge in [0.2, 0.25) is 20.0 Å². The number of nitrogens with zero attached hydrogens (tertiary/aromatic N) is 5. The van der Waals surface area contributed by atoms with Crippen LogP contribution in [0, 0.1) is 23.5 Å². The van der Waals surface area contributed by atoms with Gasteiger partial charge in [-0.2, -0.15) is 0 Å². The second-order valence-corrected chi connectivity index (χ2v) is 22.4. The zero-order valence-electron chi connectivity index (χ0n) is 37.9. The summed E-state index contributed by atoms with van der Waals surface area (Å²) < 4.78 is 123. The molecule has 67 heavy (non-hydrogen) atoms. The van der Waals surface area contributed by atoms with Crippen molar-refractivity contribution in [1.29, 1.82) is 0 Å². The molecule has 4 heterocycles. The SMILES string of the molecule is C[C@@H]1C[C@H](NS(C)(=O)=O)[C@H](CO[C@H]2CC[C@@]3(c4ncc(F)cn4)C[C@H]3C2)N1.C[C@@H]1C[C@H](NS(C)(=O)=O)[C@H](CO[C@H]2CC[C@@]3(c4ncc(F)cn4)C[C@H]3C2)N1C(=O)OCCF.O=C(Cl)OCCF. The van der Waals surface area contributed by atoms with Gasteiger partial charge in [0.15, 0.2) is 11.6 Å². The third kappa shape index (κ3) is 14.3. The van der Waals surface area contributed by atoms with Gasteiger partial charge in [-0.05, 0) is 89.9 Å². The maximum absolute atomic E-state index is 13.2. The number of nitrogens with one attached hydrogen (secondary N) is 3. The van der Waals surface area contributed by atoms with Crippen molar-refractivity contribution < 1.29 is 62.9 Å². The summed E-state index contributed by atoms with van der Waals surface area (Å²) in [6.07, 6.45) is 14.9. The Morgan fingerprint density at radius 2 is 1.24 bits per heavy atom. The summed E-state index contributed by atoms with van der Waals surface area (Å²) in [7, 11) is -6.74. The molecule has 2 aromatic rings. The van der Waals surface area contributed by atoms with Crippen molar-refractivity contribution >= 4 is 43.2 Å². The first-order valence-electron chi connectivity index (χ1n) is 22.4. The molecule has 8 rings (SSSR count). The number of fused-ring (bicyclic) bond motifs is 2. The number of halogens is 5. The number of rotatable bonds is 16. The Morgan fingerprint density at radius 1 is 0.761 bits per heavy atom. The zero-order valence-corrected chi connectivity index (χ0v) is 40.3. The fourth-order valence-corrected chi connectivity index (χ4v) is 12.1. The molecule has 0 aromatic carbocycles. The van der Waals surface area contributed by atoms with Crippen LogP contribution in [0.3, 0.4) is 0 Å². The molecule has 4 saturated carbocycles. The Bertz CT molecular complexity index is 2220. The minimum absolute atomic E-state index is 0.00800. The van der Waals surface area contributed by atoms with Crippen LogP contribution in [0.5, 0.6) is 0 Å². The molecule has 0 radical (unpaired) electrons. The molecule has 2 aliphatic heterocycles. The number of ether oxygens (including phenoxy) is 4. The van der Waals surface area contributed by atoms with Crippen molar-refractivity contribution in [2.45, 2.75) is 137 Å². The monoisotopic (exact) mass is 1010 g/mol. The van der Waals surface area contributed by atoms with Crippen LogP contribution in [0.2, 0.25) is 0 Å². The van der Waals surface area contributed by atoms with E-state index in [1.54, 1.807) is 6.92 Å². The van der Waals surface area contributed by atoms with E-state index in [1.165, 1.54) is 35.9 Å². The van der Waals surface area contributed by atoms with E-state index in [1.807, 2.05) is 0 Å². The molecule has 0 unspecified atom stereocenters. The van der Waals surface area contributed by atoms with Gasteiger partial charge >= 0.3 is 11.5 Å². The van der Waals surface area contributed by atoms with Gasteiger partial charge in [-0.3, -0.25) is 4.90 Å². The maximum Gasteiger partial charge on any atom is 0.410 e. The molecular formula is C42H61ClF4N8O10S2. The van der Waals surface area contributed by atoms with E-state index in [0.29, 0.717) is 30.7 Å². The number of carbonyl (C=O) groups excluding carboxylic acids is 2. The summed E-state index contributed by atoms with van der Waals surface area (Å²) in [5.74, 6) is 1.41. The molecule has 6 aliphatic rings. The summed E-state index contributed by atoms with van der Waals surface area (Å²) in [6.45, 7) is 2.42. The average molecular weight is 1010 g/mol. The third-order valence-corrected chi connectivity index (χ3v) is 15.1. The Morgan fingerprint density at radius 3 is 1.69 bits per heavy atom. The maximum atomic E-state index is 13.2. The molecule has 18 nitrogen and oxygen atoms in total. The van der Waals surface area contributed by atoms with Crippen LogP contribution < -0.4 is 14.8 Å². The van der Waals surface area contributed by atoms with Crippen LogP contribution in [-0.2, 0) is 49.8 Å². The van der Waals surface area contributed by atoms with Crippen molar-refractivity contribution in [3.63, 3.8) is 0 Å². The molecule has 12 atom stereocenters. The molecule has 1 amide bonds. The minimum Gasteiger partial charge on any atom is -0.451 e. The second-order valence-electron chi connectivity index (χ2n) is 18.6. The predicted molar refractivity (Wildman–Crippen MR) is 235 cm³/mol. The quantitative estimate of drug-likeness (QED) is 0.157. The molecule has 4 aliphatic carbocycles. The summed E-state index contributed by atoms with van der Waals surface area (Å²) in [4.78, 5) is 40.3. The third-order valence-electron chi connectivity index (χ3n) is 13.5. The average Bonchev–Trinajstić information content (AvgIpc) is 4.12. The Balaban J connectivity index is 0.000000196. The molecule has 3 N–H and O–H groups in total. The molecule has 25 heteroatoms. The molecule has 6 fully saturated rings. The van der Waals surface area contributed by atoms with Crippen molar-refractivity contribution in [2.24, 2.45) is 11.8 Å². The van der Waals surface area contributed by atoms with E-state index in [9.17, 15) is 44.0 Å². The Kier molecular flexibility index (Phi) is 17.8. The first kappa shape index (κ1) is 53.0. The number of alkyl halides is 2. The van der Waals surface area contributed by atoms with Crippen LogP contribution in [-0.4, -0.2) is 154 Å². The predicted octanol–water partition coefficient (Wildman–Crippen LogP) is 4.37. The van der Waals surface area contributed by atoms with Gasteiger partial charge in [0.1, 0.15) is 38.2 Å². The summed E-state index contributed by atoms with van der Waals surface area (Å²) in [6, 6.07) is -1.26. The number of carbonyl (C=O) groups is 2. The van der Waals surface area contributed by atoms with Crippen LogP contribution in [0.25, 0.3) is 0 Å². The Hall–Kier alpha value is -3.39. The highest BCUT2D eigenvalue weighted by atomic mass is 35.5. The van der Waals surface area contributed by atoms with E-state index in [-0.39, 0.29) is 67.0 Å². The number of hydrogen-bond acceptors (Lipinski definition) is 15. The summed E-state index contributed by atoms with van der Waals surface area (Å²) in [5.41, 5.74) is -1.07. The van der Waals surface area contributed by atoms with Crippen molar-refractivity contribution in [1.82, 2.24) is 39.6 Å². The van der Waals surface area contributed by atoms with Gasteiger partial charge in [-0.15, -0.1) is 0 Å². The molecule has 2 saturated heterocycles. The standard InChI is InChI=1S/C21H30F2N4O5S.C18H27FN4O3S.C3H4ClFO2/c1-13-7-17(26-33(2,29)30)18(27(13)20(28)31-6-5-22)12-32-16-3-4-21(9-14(21)8-16)19-24-10-15(23)11-25-19;1-11-5-15(23-27(2,24)25)16(22-11)10-26-14-3-4-18(7-12(18)6-14)17-20-8-13(19)9-21-17;4-3(6)7-2-1-5/h10-11,13-14,16-18,26H,3-9,12H2,1-2H3;8-9,11-12,14-16,22-23H,3-7,10H2,1-2H3;1-2H2/t13-,14-,16+,17+,18+,21-;11-,12-,14+,15+,16+,18-;/m11./s1. The largest absolute Gasteiger partial charge is 0.451 e. The van der Waals surface area contributed by atoms with Crippen LogP contribution in [0.4, 0.5) is 27.2 Å². The van der Waals surface area contributed by atoms with Crippen molar-refractivity contribution in [2.75, 3.05) is 52.3 Å². The molecule has 0 bridgehead atoms. The lowest BCUT2D eigenvalue weighted by atomic mass is 9.86. The molecular weight excluding hydrogens is 952 g/mol. The first-order valence-corrected chi connectivity index (χ1v) is 26.6. The van der Waals surface area contributed by atoms with Gasteiger partial charge in [-0.1, -0.05) is 0 Å². The second kappa shape index (κ2) is 22.6. The van der Waals surface area contributed by atoms with Crippen molar-refractivity contribution in [3.8, 4) is 0 Å². The van der Waals surface area contributed by atoms with Gasteiger partial charge in [0.25, 0.3) is 0 Å².